The van der Waals surface area contributed by atoms with E-state index in [9.17, 15) is 5.11 Å². The molecule has 0 spiro atoms. The summed E-state index contributed by atoms with van der Waals surface area (Å²) in [5.41, 5.74) is 2.73. The first kappa shape index (κ1) is 13.1. The van der Waals surface area contributed by atoms with Crippen molar-refractivity contribution in [2.75, 3.05) is 0 Å². The van der Waals surface area contributed by atoms with E-state index < -0.39 is 0 Å². The van der Waals surface area contributed by atoms with Crippen LogP contribution >= 0.6 is 0 Å². The molecule has 0 radical (unpaired) electrons. The van der Waals surface area contributed by atoms with Crippen LogP contribution in [0.3, 0.4) is 0 Å². The summed E-state index contributed by atoms with van der Waals surface area (Å²) in [5, 5.41) is 13.5. The van der Waals surface area contributed by atoms with Gasteiger partial charge in [-0.3, -0.25) is 9.97 Å². The van der Waals surface area contributed by atoms with Gasteiger partial charge in [0.05, 0.1) is 11.9 Å². The zero-order valence-electron chi connectivity index (χ0n) is 11.4. The second kappa shape index (κ2) is 6.01. The van der Waals surface area contributed by atoms with E-state index >= 15 is 0 Å². The van der Waals surface area contributed by atoms with E-state index in [1.807, 2.05) is 12.1 Å². The summed E-state index contributed by atoms with van der Waals surface area (Å²) in [6, 6.07) is 6.18. The Morgan fingerprint density at radius 1 is 1.20 bits per heavy atom. The molecule has 2 N–H and O–H groups in total. The van der Waals surface area contributed by atoms with Crippen molar-refractivity contribution < 1.29 is 5.11 Å². The summed E-state index contributed by atoms with van der Waals surface area (Å²) in [4.78, 5) is 8.37. The Hall–Kier alpha value is -1.94. The minimum Gasteiger partial charge on any atom is -0.508 e. The highest BCUT2D eigenvalue weighted by molar-refractivity contribution is 5.60. The van der Waals surface area contributed by atoms with Gasteiger partial charge in [-0.15, -0.1) is 0 Å². The van der Waals surface area contributed by atoms with Gasteiger partial charge in [0.25, 0.3) is 0 Å². The summed E-state index contributed by atoms with van der Waals surface area (Å²) < 4.78 is 0. The number of phenols is 1. The molecule has 2 aromatic rings. The molecule has 0 atom stereocenters. The van der Waals surface area contributed by atoms with Crippen molar-refractivity contribution in [3.05, 3.63) is 42.4 Å². The zero-order valence-corrected chi connectivity index (χ0v) is 11.4. The monoisotopic (exact) mass is 269 g/mol. The molecule has 1 aliphatic carbocycles. The van der Waals surface area contributed by atoms with Crippen LogP contribution in [0.4, 0.5) is 0 Å². The van der Waals surface area contributed by atoms with Gasteiger partial charge in [-0.1, -0.05) is 12.8 Å². The predicted molar refractivity (Wildman–Crippen MR) is 78.2 cm³/mol. The number of nitrogens with zero attached hydrogens (tertiary/aromatic N) is 2. The maximum Gasteiger partial charge on any atom is 0.120 e. The number of hydrogen-bond donors (Lipinski definition) is 2. The molecular weight excluding hydrogens is 250 g/mol. The Balaban J connectivity index is 1.76. The minimum absolute atomic E-state index is 0.336. The first-order valence-corrected chi connectivity index (χ1v) is 7.14. The largest absolute Gasteiger partial charge is 0.508 e. The number of aromatic nitrogens is 2. The molecule has 104 valence electrons. The zero-order chi connectivity index (χ0) is 13.8. The first-order valence-electron chi connectivity index (χ1n) is 7.14. The van der Waals surface area contributed by atoms with Crippen molar-refractivity contribution in [3.8, 4) is 17.0 Å². The Bertz CT molecular complexity index is 565. The van der Waals surface area contributed by atoms with Crippen LogP contribution in [-0.2, 0) is 6.54 Å². The fraction of sp³-hybridized carbons (Fsp3) is 0.375. The quantitative estimate of drug-likeness (QED) is 0.896. The highest BCUT2D eigenvalue weighted by Gasteiger charge is 2.15. The lowest BCUT2D eigenvalue weighted by Crippen LogP contribution is -2.25. The van der Waals surface area contributed by atoms with Gasteiger partial charge in [0.15, 0.2) is 0 Å². The lowest BCUT2D eigenvalue weighted by Gasteiger charge is -2.13. The van der Waals surface area contributed by atoms with E-state index in [4.69, 9.17) is 0 Å². The van der Waals surface area contributed by atoms with Crippen molar-refractivity contribution in [2.24, 2.45) is 0 Å². The van der Waals surface area contributed by atoms with Gasteiger partial charge < -0.3 is 10.4 Å². The fourth-order valence-electron chi connectivity index (χ4n) is 2.72. The van der Waals surface area contributed by atoms with Crippen LogP contribution in [0.5, 0.6) is 5.75 Å². The van der Waals surface area contributed by atoms with Crippen LogP contribution in [0.1, 0.15) is 31.2 Å². The molecule has 0 saturated heterocycles. The predicted octanol–water partition coefficient (Wildman–Crippen LogP) is 2.88. The van der Waals surface area contributed by atoms with E-state index in [-0.39, 0.29) is 0 Å². The summed E-state index contributed by atoms with van der Waals surface area (Å²) in [6.07, 6.45) is 10.2. The molecule has 0 aliphatic heterocycles. The molecule has 0 unspecified atom stereocenters. The molecule has 3 rings (SSSR count). The van der Waals surface area contributed by atoms with Gasteiger partial charge in [0.1, 0.15) is 5.75 Å². The van der Waals surface area contributed by atoms with Crippen LogP contribution in [0.15, 0.2) is 36.8 Å². The number of benzene rings is 1. The number of nitrogens with one attached hydrogen (secondary N) is 1. The van der Waals surface area contributed by atoms with E-state index in [1.54, 1.807) is 24.7 Å². The number of phenolic OH excluding ortho intramolecular Hbond substituents is 1. The summed E-state index contributed by atoms with van der Waals surface area (Å²) in [5.74, 6) is 0.336. The maximum absolute atomic E-state index is 9.98. The van der Waals surface area contributed by atoms with Crippen LogP contribution in [0, 0.1) is 0 Å². The molecule has 4 heteroatoms. The topological polar surface area (TPSA) is 58.0 Å². The van der Waals surface area contributed by atoms with Crippen molar-refractivity contribution in [1.82, 2.24) is 15.3 Å². The van der Waals surface area contributed by atoms with Crippen LogP contribution in [0.25, 0.3) is 11.3 Å². The molecule has 4 nitrogen and oxygen atoms in total. The third kappa shape index (κ3) is 2.96. The average molecular weight is 269 g/mol. The van der Waals surface area contributed by atoms with Crippen LogP contribution < -0.4 is 5.32 Å². The lowest BCUT2D eigenvalue weighted by molar-refractivity contribution is 0.456. The van der Waals surface area contributed by atoms with Gasteiger partial charge in [-0.2, -0.15) is 0 Å². The smallest absolute Gasteiger partial charge is 0.120 e. The third-order valence-electron chi connectivity index (χ3n) is 3.87. The van der Waals surface area contributed by atoms with Gasteiger partial charge in [-0.25, -0.2) is 0 Å². The van der Waals surface area contributed by atoms with E-state index in [0.29, 0.717) is 18.3 Å². The van der Waals surface area contributed by atoms with Crippen molar-refractivity contribution in [2.45, 2.75) is 38.3 Å². The molecule has 0 amide bonds. The Morgan fingerprint density at radius 2 is 2.05 bits per heavy atom. The Morgan fingerprint density at radius 3 is 2.80 bits per heavy atom. The molecule has 1 heterocycles. The maximum atomic E-state index is 9.98. The SMILES string of the molecule is Oc1ccc(-c2cnccn2)cc1CNC1CCCC1. The molecule has 1 fully saturated rings. The van der Waals surface area contributed by atoms with Crippen LogP contribution in [0.2, 0.25) is 0 Å². The van der Waals surface area contributed by atoms with Crippen molar-refractivity contribution in [1.29, 1.82) is 0 Å². The lowest BCUT2D eigenvalue weighted by atomic mass is 10.1. The summed E-state index contributed by atoms with van der Waals surface area (Å²) in [7, 11) is 0. The van der Waals surface area contributed by atoms with Crippen LogP contribution in [-0.4, -0.2) is 21.1 Å². The second-order valence-electron chi connectivity index (χ2n) is 5.30. The van der Waals surface area contributed by atoms with Crippen molar-refractivity contribution in [3.63, 3.8) is 0 Å². The van der Waals surface area contributed by atoms with E-state index in [0.717, 1.165) is 16.8 Å². The molecular formula is C16H19N3O. The van der Waals surface area contributed by atoms with Gasteiger partial charge in [0.2, 0.25) is 0 Å². The standard InChI is InChI=1S/C16H19N3O/c20-16-6-5-12(15-11-17-7-8-18-15)9-13(16)10-19-14-3-1-2-4-14/h5-9,11,14,19-20H,1-4,10H2. The van der Waals surface area contributed by atoms with Gasteiger partial charge in [0, 0.05) is 36.1 Å². The van der Waals surface area contributed by atoms with Gasteiger partial charge in [-0.05, 0) is 31.0 Å². The number of aromatic hydroxyl groups is 1. The highest BCUT2D eigenvalue weighted by Crippen LogP contribution is 2.25. The minimum atomic E-state index is 0.336. The normalized spacial score (nSPS) is 15.6. The fourth-order valence-corrected chi connectivity index (χ4v) is 2.72. The second-order valence-corrected chi connectivity index (χ2v) is 5.30. The molecule has 1 aliphatic rings. The summed E-state index contributed by atoms with van der Waals surface area (Å²) in [6.45, 7) is 0.699. The summed E-state index contributed by atoms with van der Waals surface area (Å²) >= 11 is 0. The molecule has 1 saturated carbocycles. The van der Waals surface area contributed by atoms with Crippen molar-refractivity contribution >= 4 is 0 Å². The first-order chi connectivity index (χ1) is 9.83. The van der Waals surface area contributed by atoms with Gasteiger partial charge >= 0.3 is 0 Å². The average Bonchev–Trinajstić information content (AvgIpc) is 3.01. The molecule has 1 aromatic carbocycles. The third-order valence-corrected chi connectivity index (χ3v) is 3.87. The van der Waals surface area contributed by atoms with E-state index in [2.05, 4.69) is 15.3 Å². The Kier molecular flexibility index (Phi) is 3.92. The molecule has 20 heavy (non-hydrogen) atoms. The molecule has 1 aromatic heterocycles. The van der Waals surface area contributed by atoms with E-state index in [1.165, 1.54) is 25.7 Å². The molecule has 0 bridgehead atoms. The number of rotatable bonds is 4. The number of hydrogen-bond acceptors (Lipinski definition) is 4. The Labute approximate surface area is 118 Å². The highest BCUT2D eigenvalue weighted by atomic mass is 16.3.